The van der Waals surface area contributed by atoms with Crippen molar-refractivity contribution >= 4 is 28.9 Å². The van der Waals surface area contributed by atoms with Gasteiger partial charge in [0.25, 0.3) is 17.5 Å². The number of anilines is 2. The zero-order valence-electron chi connectivity index (χ0n) is 16.5. The molecule has 1 aliphatic heterocycles. The lowest BCUT2D eigenvalue weighted by Gasteiger charge is -2.30. The van der Waals surface area contributed by atoms with E-state index in [0.717, 1.165) is 5.56 Å². The van der Waals surface area contributed by atoms with E-state index in [1.807, 2.05) is 30.3 Å². The summed E-state index contributed by atoms with van der Waals surface area (Å²) in [6, 6.07) is 20.3. The second-order valence-corrected chi connectivity index (χ2v) is 7.01. The van der Waals surface area contributed by atoms with E-state index in [1.165, 1.54) is 24.3 Å². The molecule has 3 aromatic rings. The van der Waals surface area contributed by atoms with E-state index in [4.69, 9.17) is 4.74 Å². The lowest BCUT2D eigenvalue weighted by atomic mass is 10.1. The van der Waals surface area contributed by atoms with Gasteiger partial charge in [0, 0.05) is 29.9 Å². The van der Waals surface area contributed by atoms with E-state index in [-0.39, 0.29) is 23.8 Å². The predicted molar refractivity (Wildman–Crippen MR) is 115 cm³/mol. The second kappa shape index (κ2) is 8.66. The Kier molecular flexibility index (Phi) is 5.61. The quantitative estimate of drug-likeness (QED) is 0.485. The maximum Gasteiger partial charge on any atom is 0.269 e. The van der Waals surface area contributed by atoms with Gasteiger partial charge in [-0.3, -0.25) is 19.7 Å². The SMILES string of the molecule is O=C(Nc1ccc2c(c1)N(CCc1ccccc1)C(=O)CO2)c1ccc([N+](=O)[O-])cc1. The number of fused-ring (bicyclic) bond motifs is 1. The molecule has 2 amide bonds. The molecule has 0 saturated carbocycles. The highest BCUT2D eigenvalue weighted by Gasteiger charge is 2.26. The minimum Gasteiger partial charge on any atom is -0.482 e. The van der Waals surface area contributed by atoms with E-state index >= 15 is 0 Å². The smallest absolute Gasteiger partial charge is 0.269 e. The van der Waals surface area contributed by atoms with Crippen LogP contribution in [0.15, 0.2) is 72.8 Å². The number of carbonyl (C=O) groups excluding carboxylic acids is 2. The van der Waals surface area contributed by atoms with Gasteiger partial charge in [0.15, 0.2) is 6.61 Å². The van der Waals surface area contributed by atoms with Crippen molar-refractivity contribution in [2.45, 2.75) is 6.42 Å². The molecule has 1 aliphatic rings. The highest BCUT2D eigenvalue weighted by Crippen LogP contribution is 2.35. The number of nitro groups is 1. The van der Waals surface area contributed by atoms with E-state index in [9.17, 15) is 19.7 Å². The van der Waals surface area contributed by atoms with Crippen LogP contribution in [0.4, 0.5) is 17.1 Å². The van der Waals surface area contributed by atoms with Gasteiger partial charge in [-0.05, 0) is 42.3 Å². The van der Waals surface area contributed by atoms with Gasteiger partial charge in [0.1, 0.15) is 5.75 Å². The number of rotatable bonds is 6. The zero-order chi connectivity index (χ0) is 21.8. The number of nitrogens with one attached hydrogen (secondary N) is 1. The van der Waals surface area contributed by atoms with Gasteiger partial charge in [0.2, 0.25) is 0 Å². The summed E-state index contributed by atoms with van der Waals surface area (Å²) in [5, 5.41) is 13.5. The van der Waals surface area contributed by atoms with Gasteiger partial charge in [-0.15, -0.1) is 0 Å². The lowest BCUT2D eigenvalue weighted by molar-refractivity contribution is -0.384. The molecule has 4 rings (SSSR count). The fraction of sp³-hybridized carbons (Fsp3) is 0.130. The number of nitro benzene ring substituents is 1. The maximum absolute atomic E-state index is 12.5. The first-order chi connectivity index (χ1) is 15.0. The molecular weight excluding hydrogens is 398 g/mol. The number of non-ortho nitro benzene ring substituents is 1. The topological polar surface area (TPSA) is 102 Å². The Morgan fingerprint density at radius 3 is 2.52 bits per heavy atom. The molecule has 0 aromatic heterocycles. The van der Waals surface area contributed by atoms with Crippen molar-refractivity contribution < 1.29 is 19.2 Å². The molecule has 0 saturated heterocycles. The number of hydrogen-bond donors (Lipinski definition) is 1. The monoisotopic (exact) mass is 417 g/mol. The highest BCUT2D eigenvalue weighted by molar-refractivity contribution is 6.05. The van der Waals surface area contributed by atoms with Crippen molar-refractivity contribution in [2.24, 2.45) is 0 Å². The molecular formula is C23H19N3O5. The van der Waals surface area contributed by atoms with E-state index in [1.54, 1.807) is 23.1 Å². The predicted octanol–water partition coefficient (Wildman–Crippen LogP) is 3.82. The summed E-state index contributed by atoms with van der Waals surface area (Å²) >= 11 is 0. The number of hydrogen-bond acceptors (Lipinski definition) is 5. The summed E-state index contributed by atoms with van der Waals surface area (Å²) in [6.07, 6.45) is 0.686. The van der Waals surface area contributed by atoms with Crippen LogP contribution in [0.5, 0.6) is 5.75 Å². The highest BCUT2D eigenvalue weighted by atomic mass is 16.6. The maximum atomic E-state index is 12.5. The van der Waals surface area contributed by atoms with Gasteiger partial charge in [-0.25, -0.2) is 0 Å². The molecule has 8 nitrogen and oxygen atoms in total. The van der Waals surface area contributed by atoms with Crippen LogP contribution >= 0.6 is 0 Å². The van der Waals surface area contributed by atoms with Crippen LogP contribution in [-0.2, 0) is 11.2 Å². The van der Waals surface area contributed by atoms with Crippen LogP contribution in [-0.4, -0.2) is 29.9 Å². The van der Waals surface area contributed by atoms with Crippen LogP contribution < -0.4 is 15.0 Å². The van der Waals surface area contributed by atoms with E-state index < -0.39 is 10.8 Å². The van der Waals surface area contributed by atoms with E-state index in [0.29, 0.717) is 30.1 Å². The molecule has 1 N–H and O–H groups in total. The normalized spacial score (nSPS) is 12.6. The molecule has 31 heavy (non-hydrogen) atoms. The summed E-state index contributed by atoms with van der Waals surface area (Å²) in [5.41, 5.74) is 2.40. The van der Waals surface area contributed by atoms with Gasteiger partial charge in [-0.2, -0.15) is 0 Å². The number of amides is 2. The Bertz CT molecular complexity index is 1130. The molecule has 8 heteroatoms. The molecule has 0 unspecified atom stereocenters. The summed E-state index contributed by atoms with van der Waals surface area (Å²) in [5.74, 6) is 0.0111. The second-order valence-electron chi connectivity index (χ2n) is 7.01. The largest absolute Gasteiger partial charge is 0.482 e. The summed E-state index contributed by atoms with van der Waals surface area (Å²) in [6.45, 7) is 0.454. The number of nitrogens with zero attached hydrogens (tertiary/aromatic N) is 2. The number of benzene rings is 3. The Labute approximate surface area is 178 Å². The average molecular weight is 417 g/mol. The van der Waals surface area contributed by atoms with Gasteiger partial charge >= 0.3 is 0 Å². The molecule has 0 radical (unpaired) electrons. The molecule has 0 bridgehead atoms. The third-order valence-corrected chi connectivity index (χ3v) is 4.97. The summed E-state index contributed by atoms with van der Waals surface area (Å²) < 4.78 is 5.53. The van der Waals surface area contributed by atoms with Crippen LogP contribution in [0.1, 0.15) is 15.9 Å². The first-order valence-corrected chi connectivity index (χ1v) is 9.68. The van der Waals surface area contributed by atoms with Crippen molar-refractivity contribution in [2.75, 3.05) is 23.4 Å². The number of ether oxygens (including phenoxy) is 1. The minimum absolute atomic E-state index is 0.0315. The standard InChI is InChI=1S/C23H19N3O5/c27-22-15-31-21-11-8-18(24-23(28)17-6-9-19(10-7-17)26(29)30)14-20(21)25(22)13-12-16-4-2-1-3-5-16/h1-11,14H,12-13,15H2,(H,24,28). The summed E-state index contributed by atoms with van der Waals surface area (Å²) in [7, 11) is 0. The van der Waals surface area contributed by atoms with Crippen molar-refractivity contribution in [1.29, 1.82) is 0 Å². The van der Waals surface area contributed by atoms with Crippen molar-refractivity contribution in [3.63, 3.8) is 0 Å². The molecule has 1 heterocycles. The molecule has 0 fully saturated rings. The molecule has 0 aliphatic carbocycles. The van der Waals surface area contributed by atoms with Crippen LogP contribution in [0, 0.1) is 10.1 Å². The van der Waals surface area contributed by atoms with Crippen LogP contribution in [0.2, 0.25) is 0 Å². The first-order valence-electron chi connectivity index (χ1n) is 9.68. The third-order valence-electron chi connectivity index (χ3n) is 4.97. The lowest BCUT2D eigenvalue weighted by Crippen LogP contribution is -2.40. The third kappa shape index (κ3) is 4.53. The fourth-order valence-corrected chi connectivity index (χ4v) is 3.35. The molecule has 0 spiro atoms. The van der Waals surface area contributed by atoms with Gasteiger partial charge < -0.3 is 15.0 Å². The molecule has 156 valence electrons. The average Bonchev–Trinajstić information content (AvgIpc) is 2.79. The van der Waals surface area contributed by atoms with E-state index in [2.05, 4.69) is 5.32 Å². The van der Waals surface area contributed by atoms with Crippen molar-refractivity contribution in [1.82, 2.24) is 0 Å². The Balaban J connectivity index is 1.52. The minimum atomic E-state index is -0.522. The van der Waals surface area contributed by atoms with Crippen molar-refractivity contribution in [3.8, 4) is 5.75 Å². The Hall–Kier alpha value is -4.20. The van der Waals surface area contributed by atoms with Gasteiger partial charge in [0.05, 0.1) is 10.6 Å². The first kappa shape index (κ1) is 20.1. The van der Waals surface area contributed by atoms with Crippen LogP contribution in [0.3, 0.4) is 0 Å². The zero-order valence-corrected chi connectivity index (χ0v) is 16.5. The molecule has 0 atom stereocenters. The number of carbonyl (C=O) groups is 2. The van der Waals surface area contributed by atoms with Crippen molar-refractivity contribution in [3.05, 3.63) is 94.0 Å². The van der Waals surface area contributed by atoms with Gasteiger partial charge in [-0.1, -0.05) is 30.3 Å². The summed E-state index contributed by atoms with van der Waals surface area (Å²) in [4.78, 5) is 36.9. The molecule has 3 aromatic carbocycles. The Morgan fingerprint density at radius 2 is 1.81 bits per heavy atom. The Morgan fingerprint density at radius 1 is 1.06 bits per heavy atom. The van der Waals surface area contributed by atoms with Crippen LogP contribution in [0.25, 0.3) is 0 Å². The fourth-order valence-electron chi connectivity index (χ4n) is 3.35.